The van der Waals surface area contributed by atoms with Gasteiger partial charge >= 0.3 is 0 Å². The zero-order valence-electron chi connectivity index (χ0n) is 17.8. The van der Waals surface area contributed by atoms with Crippen LogP contribution in [0.3, 0.4) is 0 Å². The number of carbonyl (C=O) groups excluding carboxylic acids is 1. The average molecular weight is 433 g/mol. The van der Waals surface area contributed by atoms with Crippen molar-refractivity contribution in [3.63, 3.8) is 0 Å². The maximum absolute atomic E-state index is 13.5. The van der Waals surface area contributed by atoms with Crippen molar-refractivity contribution in [2.45, 2.75) is 13.5 Å². The molecule has 0 aliphatic heterocycles. The summed E-state index contributed by atoms with van der Waals surface area (Å²) in [5.41, 5.74) is 3.20. The minimum atomic E-state index is -0.118. The van der Waals surface area contributed by atoms with E-state index < -0.39 is 0 Å². The Morgan fingerprint density at radius 2 is 1.84 bits per heavy atom. The second-order valence-electron chi connectivity index (χ2n) is 7.19. The summed E-state index contributed by atoms with van der Waals surface area (Å²) in [5.74, 6) is 0.607. The molecule has 158 valence electrons. The molecule has 0 unspecified atom stereocenters. The molecule has 0 aliphatic carbocycles. The highest BCUT2D eigenvalue weighted by Gasteiger charge is 2.23. The minimum absolute atomic E-state index is 0.118. The van der Waals surface area contributed by atoms with Gasteiger partial charge in [-0.25, -0.2) is 4.98 Å². The second kappa shape index (κ2) is 9.14. The lowest BCUT2D eigenvalue weighted by Crippen LogP contribution is -2.30. The number of amides is 1. The standard InChI is InChI=1S/C24H24N4O2S/c1-4-30-20-9-7-10-21-22(20)26-24(31-21)28(16-18-8-5-6-15-25-18)23(29)17-11-13-19(14-12-17)27(2)3/h5-15H,4,16H2,1-3H3. The van der Waals surface area contributed by atoms with Gasteiger partial charge < -0.3 is 9.64 Å². The second-order valence-corrected chi connectivity index (χ2v) is 8.20. The smallest absolute Gasteiger partial charge is 0.260 e. The van der Waals surface area contributed by atoms with Gasteiger partial charge in [0.05, 0.1) is 23.5 Å². The normalized spacial score (nSPS) is 10.8. The number of benzene rings is 2. The number of carbonyl (C=O) groups is 1. The van der Waals surface area contributed by atoms with Gasteiger partial charge in [0.25, 0.3) is 5.91 Å². The van der Waals surface area contributed by atoms with Crippen molar-refractivity contribution >= 4 is 38.3 Å². The molecule has 0 radical (unpaired) electrons. The van der Waals surface area contributed by atoms with E-state index in [1.807, 2.05) is 86.6 Å². The summed E-state index contributed by atoms with van der Waals surface area (Å²) >= 11 is 1.47. The minimum Gasteiger partial charge on any atom is -0.492 e. The maximum atomic E-state index is 13.5. The van der Waals surface area contributed by atoms with Crippen LogP contribution in [0.15, 0.2) is 66.9 Å². The molecule has 4 aromatic rings. The zero-order valence-corrected chi connectivity index (χ0v) is 18.6. The molecule has 2 aromatic carbocycles. The largest absolute Gasteiger partial charge is 0.492 e. The van der Waals surface area contributed by atoms with E-state index in [0.29, 0.717) is 23.8 Å². The molecular weight excluding hydrogens is 408 g/mol. The van der Waals surface area contributed by atoms with Crippen molar-refractivity contribution in [3.8, 4) is 5.75 Å². The molecule has 6 nitrogen and oxygen atoms in total. The van der Waals surface area contributed by atoms with Crippen molar-refractivity contribution < 1.29 is 9.53 Å². The molecule has 4 rings (SSSR count). The van der Waals surface area contributed by atoms with Crippen LogP contribution in [-0.4, -0.2) is 36.6 Å². The van der Waals surface area contributed by atoms with Crippen LogP contribution in [0.4, 0.5) is 10.8 Å². The number of rotatable bonds is 7. The number of fused-ring (bicyclic) bond motifs is 1. The summed E-state index contributed by atoms with van der Waals surface area (Å²) in [6.45, 7) is 2.83. The van der Waals surface area contributed by atoms with E-state index in [0.717, 1.165) is 27.3 Å². The van der Waals surface area contributed by atoms with E-state index in [9.17, 15) is 4.79 Å². The predicted octanol–water partition coefficient (Wildman–Crippen LogP) is 5.00. The zero-order chi connectivity index (χ0) is 21.8. The van der Waals surface area contributed by atoms with Crippen LogP contribution in [0, 0.1) is 0 Å². The van der Waals surface area contributed by atoms with Crippen LogP contribution in [-0.2, 0) is 6.54 Å². The number of nitrogens with zero attached hydrogens (tertiary/aromatic N) is 4. The molecule has 0 bridgehead atoms. The third kappa shape index (κ3) is 4.51. The van der Waals surface area contributed by atoms with Gasteiger partial charge in [-0.05, 0) is 55.5 Å². The van der Waals surface area contributed by atoms with E-state index in [2.05, 4.69) is 4.98 Å². The lowest BCUT2D eigenvalue weighted by atomic mass is 10.1. The van der Waals surface area contributed by atoms with Crippen LogP contribution >= 0.6 is 11.3 Å². The molecule has 7 heteroatoms. The number of hydrogen-bond acceptors (Lipinski definition) is 6. The first-order valence-electron chi connectivity index (χ1n) is 10.1. The number of aromatic nitrogens is 2. The van der Waals surface area contributed by atoms with Crippen molar-refractivity contribution in [2.24, 2.45) is 0 Å². The highest BCUT2D eigenvalue weighted by atomic mass is 32.1. The number of anilines is 2. The lowest BCUT2D eigenvalue weighted by molar-refractivity contribution is 0.0985. The summed E-state index contributed by atoms with van der Waals surface area (Å²) in [7, 11) is 3.95. The predicted molar refractivity (Wildman–Crippen MR) is 126 cm³/mol. The van der Waals surface area contributed by atoms with Gasteiger partial charge in [-0.15, -0.1) is 0 Å². The van der Waals surface area contributed by atoms with E-state index in [-0.39, 0.29) is 5.91 Å². The van der Waals surface area contributed by atoms with Gasteiger partial charge in [-0.2, -0.15) is 0 Å². The van der Waals surface area contributed by atoms with Crippen LogP contribution in [0.25, 0.3) is 10.2 Å². The molecular formula is C24H24N4O2S. The third-order valence-electron chi connectivity index (χ3n) is 4.82. The first kappa shape index (κ1) is 20.8. The molecule has 0 aliphatic rings. The molecule has 2 heterocycles. The van der Waals surface area contributed by atoms with Crippen LogP contribution in [0.2, 0.25) is 0 Å². The molecule has 31 heavy (non-hydrogen) atoms. The molecule has 0 spiro atoms. The Morgan fingerprint density at radius 3 is 2.52 bits per heavy atom. The Hall–Kier alpha value is -3.45. The lowest BCUT2D eigenvalue weighted by Gasteiger charge is -2.20. The van der Waals surface area contributed by atoms with Gasteiger partial charge in [-0.3, -0.25) is 14.7 Å². The molecule has 0 fully saturated rings. The topological polar surface area (TPSA) is 58.6 Å². The Labute approximate surface area is 185 Å². The average Bonchev–Trinajstić information content (AvgIpc) is 3.23. The number of hydrogen-bond donors (Lipinski definition) is 0. The first-order valence-corrected chi connectivity index (χ1v) is 10.9. The van der Waals surface area contributed by atoms with Gasteiger partial charge in [0, 0.05) is 31.5 Å². The maximum Gasteiger partial charge on any atom is 0.260 e. The van der Waals surface area contributed by atoms with Gasteiger partial charge in [0.2, 0.25) is 0 Å². The Bertz CT molecular complexity index is 1170. The van der Waals surface area contributed by atoms with Crippen molar-refractivity contribution in [1.29, 1.82) is 0 Å². The van der Waals surface area contributed by atoms with Crippen LogP contribution in [0.5, 0.6) is 5.75 Å². The van der Waals surface area contributed by atoms with Crippen molar-refractivity contribution in [2.75, 3.05) is 30.5 Å². The Balaban J connectivity index is 1.75. The van der Waals surface area contributed by atoms with E-state index in [1.54, 1.807) is 11.1 Å². The molecule has 2 aromatic heterocycles. The molecule has 0 atom stereocenters. The molecule has 1 amide bonds. The van der Waals surface area contributed by atoms with Gasteiger partial charge in [0.15, 0.2) is 5.13 Å². The highest BCUT2D eigenvalue weighted by molar-refractivity contribution is 7.22. The first-order chi connectivity index (χ1) is 15.1. The van der Waals surface area contributed by atoms with E-state index in [4.69, 9.17) is 9.72 Å². The number of pyridine rings is 1. The van der Waals surface area contributed by atoms with E-state index >= 15 is 0 Å². The van der Waals surface area contributed by atoms with Gasteiger partial charge in [-0.1, -0.05) is 23.5 Å². The van der Waals surface area contributed by atoms with Crippen LogP contribution < -0.4 is 14.5 Å². The quantitative estimate of drug-likeness (QED) is 0.411. The molecule has 0 saturated heterocycles. The summed E-state index contributed by atoms with van der Waals surface area (Å²) in [4.78, 5) is 26.4. The number of ether oxygens (including phenoxy) is 1. The summed E-state index contributed by atoms with van der Waals surface area (Å²) < 4.78 is 6.71. The summed E-state index contributed by atoms with van der Waals surface area (Å²) in [6, 6.07) is 19.1. The Kier molecular flexibility index (Phi) is 6.13. The monoisotopic (exact) mass is 432 g/mol. The van der Waals surface area contributed by atoms with Gasteiger partial charge in [0.1, 0.15) is 11.3 Å². The van der Waals surface area contributed by atoms with Crippen molar-refractivity contribution in [1.82, 2.24) is 9.97 Å². The fourth-order valence-electron chi connectivity index (χ4n) is 3.24. The highest BCUT2D eigenvalue weighted by Crippen LogP contribution is 2.35. The summed E-state index contributed by atoms with van der Waals surface area (Å²) in [6.07, 6.45) is 1.73. The number of thiazole rings is 1. The van der Waals surface area contributed by atoms with Crippen molar-refractivity contribution in [3.05, 3.63) is 78.1 Å². The molecule has 0 saturated carbocycles. The fourth-order valence-corrected chi connectivity index (χ4v) is 4.22. The van der Waals surface area contributed by atoms with Crippen LogP contribution in [0.1, 0.15) is 23.0 Å². The SMILES string of the molecule is CCOc1cccc2sc(N(Cc3ccccn3)C(=O)c3ccc(N(C)C)cc3)nc12. The third-order valence-corrected chi connectivity index (χ3v) is 5.87. The van der Waals surface area contributed by atoms with E-state index in [1.165, 1.54) is 11.3 Å². The molecule has 0 N–H and O–H groups in total. The summed E-state index contributed by atoms with van der Waals surface area (Å²) in [5, 5.41) is 0.620. The number of para-hydroxylation sites is 1. The fraction of sp³-hybridized carbons (Fsp3) is 0.208. The Morgan fingerprint density at radius 1 is 1.03 bits per heavy atom.